The van der Waals surface area contributed by atoms with Gasteiger partial charge >= 0.3 is 0 Å². The van der Waals surface area contributed by atoms with E-state index in [2.05, 4.69) is 0 Å². The SMILES string of the molecule is CC(=O)SCCC=Cc1ccccc1O. The average Bonchev–Trinajstić information content (AvgIpc) is 2.20. The molecule has 0 atom stereocenters. The number of carbonyl (C=O) groups is 1. The van der Waals surface area contributed by atoms with Crippen molar-refractivity contribution in [3.05, 3.63) is 35.9 Å². The lowest BCUT2D eigenvalue weighted by Crippen LogP contribution is -1.83. The van der Waals surface area contributed by atoms with E-state index in [-0.39, 0.29) is 10.9 Å². The number of aromatic hydroxyl groups is 1. The molecular weight excluding hydrogens is 208 g/mol. The highest BCUT2D eigenvalue weighted by atomic mass is 32.2. The molecule has 3 heteroatoms. The van der Waals surface area contributed by atoms with Crippen LogP contribution in [0.3, 0.4) is 0 Å². The van der Waals surface area contributed by atoms with Gasteiger partial charge in [0.15, 0.2) is 5.12 Å². The maximum atomic E-state index is 10.6. The highest BCUT2D eigenvalue weighted by molar-refractivity contribution is 8.13. The Morgan fingerprint density at radius 2 is 2.20 bits per heavy atom. The minimum absolute atomic E-state index is 0.144. The zero-order valence-corrected chi connectivity index (χ0v) is 9.46. The standard InChI is InChI=1S/C12H14O2S/c1-10(13)15-9-5-4-7-11-6-2-3-8-12(11)14/h2-4,6-8,14H,5,9H2,1H3. The summed E-state index contributed by atoms with van der Waals surface area (Å²) in [6, 6.07) is 7.18. The Kier molecular flexibility index (Phi) is 4.98. The minimum Gasteiger partial charge on any atom is -0.507 e. The molecule has 0 spiro atoms. The number of para-hydroxylation sites is 1. The van der Waals surface area contributed by atoms with E-state index in [1.54, 1.807) is 19.1 Å². The number of hydrogen-bond donors (Lipinski definition) is 1. The van der Waals surface area contributed by atoms with Crippen LogP contribution in [0.1, 0.15) is 18.9 Å². The third kappa shape index (κ3) is 4.70. The van der Waals surface area contributed by atoms with Crippen LogP contribution >= 0.6 is 11.8 Å². The van der Waals surface area contributed by atoms with Crippen molar-refractivity contribution in [2.75, 3.05) is 5.75 Å². The summed E-state index contributed by atoms with van der Waals surface area (Å²) in [7, 11) is 0. The third-order valence-electron chi connectivity index (χ3n) is 1.82. The van der Waals surface area contributed by atoms with Crippen LogP contribution in [0.5, 0.6) is 5.75 Å². The molecule has 1 aromatic rings. The van der Waals surface area contributed by atoms with Crippen molar-refractivity contribution in [1.82, 2.24) is 0 Å². The first-order chi connectivity index (χ1) is 7.20. The molecule has 0 heterocycles. The molecule has 80 valence electrons. The number of allylic oxidation sites excluding steroid dienone is 1. The zero-order chi connectivity index (χ0) is 11.1. The molecule has 15 heavy (non-hydrogen) atoms. The van der Waals surface area contributed by atoms with Crippen LogP contribution in [-0.4, -0.2) is 16.0 Å². The van der Waals surface area contributed by atoms with Crippen molar-refractivity contribution in [2.24, 2.45) is 0 Å². The summed E-state index contributed by atoms with van der Waals surface area (Å²) in [5.74, 6) is 1.08. The van der Waals surface area contributed by atoms with E-state index in [1.807, 2.05) is 24.3 Å². The van der Waals surface area contributed by atoms with Gasteiger partial charge in [0.2, 0.25) is 0 Å². The molecular formula is C12H14O2S. The summed E-state index contributed by atoms with van der Waals surface area (Å²) in [5.41, 5.74) is 0.810. The highest BCUT2D eigenvalue weighted by Gasteiger charge is 1.94. The quantitative estimate of drug-likeness (QED) is 0.795. The van der Waals surface area contributed by atoms with Gasteiger partial charge in [-0.15, -0.1) is 0 Å². The predicted molar refractivity (Wildman–Crippen MR) is 64.9 cm³/mol. The second-order valence-corrected chi connectivity index (χ2v) is 4.36. The van der Waals surface area contributed by atoms with Gasteiger partial charge in [-0.2, -0.15) is 0 Å². The molecule has 0 radical (unpaired) electrons. The molecule has 1 aromatic carbocycles. The van der Waals surface area contributed by atoms with Gasteiger partial charge in [0.05, 0.1) is 0 Å². The van der Waals surface area contributed by atoms with Gasteiger partial charge in [0.1, 0.15) is 5.75 Å². The molecule has 0 fully saturated rings. The average molecular weight is 222 g/mol. The Morgan fingerprint density at radius 1 is 1.47 bits per heavy atom. The topological polar surface area (TPSA) is 37.3 Å². The van der Waals surface area contributed by atoms with Crippen molar-refractivity contribution in [3.8, 4) is 5.75 Å². The van der Waals surface area contributed by atoms with Crippen molar-refractivity contribution < 1.29 is 9.90 Å². The smallest absolute Gasteiger partial charge is 0.185 e. The molecule has 0 aromatic heterocycles. The first kappa shape index (κ1) is 11.9. The van der Waals surface area contributed by atoms with Crippen molar-refractivity contribution in [2.45, 2.75) is 13.3 Å². The summed E-state index contributed by atoms with van der Waals surface area (Å²) < 4.78 is 0. The number of rotatable bonds is 4. The first-order valence-electron chi connectivity index (χ1n) is 4.78. The summed E-state index contributed by atoms with van der Waals surface area (Å²) in [4.78, 5) is 10.6. The van der Waals surface area contributed by atoms with Crippen molar-refractivity contribution in [1.29, 1.82) is 0 Å². The molecule has 0 bridgehead atoms. The Bertz CT molecular complexity index is 358. The predicted octanol–water partition coefficient (Wildman–Crippen LogP) is 3.08. The van der Waals surface area contributed by atoms with Gasteiger partial charge in [-0.3, -0.25) is 4.79 Å². The Balaban J connectivity index is 2.38. The van der Waals surface area contributed by atoms with Crippen molar-refractivity contribution in [3.63, 3.8) is 0 Å². The van der Waals surface area contributed by atoms with Gasteiger partial charge in [0.25, 0.3) is 0 Å². The van der Waals surface area contributed by atoms with Crippen LogP contribution in [0.4, 0.5) is 0 Å². The van der Waals surface area contributed by atoms with E-state index in [4.69, 9.17) is 0 Å². The monoisotopic (exact) mass is 222 g/mol. The summed E-state index contributed by atoms with van der Waals surface area (Å²) in [6.07, 6.45) is 4.67. The van der Waals surface area contributed by atoms with E-state index in [0.29, 0.717) is 0 Å². The lowest BCUT2D eigenvalue weighted by Gasteiger charge is -1.97. The fourth-order valence-electron chi connectivity index (χ4n) is 1.11. The summed E-state index contributed by atoms with van der Waals surface area (Å²) >= 11 is 1.32. The maximum absolute atomic E-state index is 10.6. The molecule has 0 aliphatic rings. The zero-order valence-electron chi connectivity index (χ0n) is 8.64. The van der Waals surface area contributed by atoms with Crippen LogP contribution in [0, 0.1) is 0 Å². The van der Waals surface area contributed by atoms with Crippen LogP contribution in [0.25, 0.3) is 6.08 Å². The normalized spacial score (nSPS) is 10.7. The second-order valence-electron chi connectivity index (χ2n) is 3.09. The Labute approximate surface area is 94.0 Å². The van der Waals surface area contributed by atoms with Gasteiger partial charge < -0.3 is 5.11 Å². The molecule has 0 aliphatic heterocycles. The van der Waals surface area contributed by atoms with Gasteiger partial charge in [0, 0.05) is 18.2 Å². The van der Waals surface area contributed by atoms with Crippen LogP contribution in [0.15, 0.2) is 30.3 Å². The highest BCUT2D eigenvalue weighted by Crippen LogP contribution is 2.17. The Morgan fingerprint density at radius 3 is 2.87 bits per heavy atom. The number of phenols is 1. The molecule has 2 nitrogen and oxygen atoms in total. The molecule has 0 saturated heterocycles. The van der Waals surface area contributed by atoms with Crippen LogP contribution in [-0.2, 0) is 4.79 Å². The molecule has 1 rings (SSSR count). The number of phenolic OH excluding ortho intramolecular Hbond substituents is 1. The number of benzene rings is 1. The molecule has 0 saturated carbocycles. The first-order valence-corrected chi connectivity index (χ1v) is 5.76. The Hall–Kier alpha value is -1.22. The number of hydrogen-bond acceptors (Lipinski definition) is 3. The van der Waals surface area contributed by atoms with E-state index >= 15 is 0 Å². The molecule has 1 N–H and O–H groups in total. The van der Waals surface area contributed by atoms with Crippen LogP contribution in [0.2, 0.25) is 0 Å². The van der Waals surface area contributed by atoms with E-state index in [1.165, 1.54) is 11.8 Å². The molecule has 0 aliphatic carbocycles. The fraction of sp³-hybridized carbons (Fsp3) is 0.250. The van der Waals surface area contributed by atoms with E-state index in [0.717, 1.165) is 17.7 Å². The summed E-state index contributed by atoms with van der Waals surface area (Å²) in [5, 5.41) is 9.59. The van der Waals surface area contributed by atoms with Gasteiger partial charge in [-0.1, -0.05) is 42.1 Å². The fourth-order valence-corrected chi connectivity index (χ4v) is 1.65. The minimum atomic E-state index is 0.144. The molecule has 0 unspecified atom stereocenters. The second kappa shape index (κ2) is 6.30. The van der Waals surface area contributed by atoms with Crippen LogP contribution < -0.4 is 0 Å². The lowest BCUT2D eigenvalue weighted by molar-refractivity contribution is -0.109. The summed E-state index contributed by atoms with van der Waals surface area (Å²) in [6.45, 7) is 1.57. The number of carbonyl (C=O) groups excluding carboxylic acids is 1. The number of thioether (sulfide) groups is 1. The van der Waals surface area contributed by atoms with E-state index < -0.39 is 0 Å². The lowest BCUT2D eigenvalue weighted by atomic mass is 10.2. The maximum Gasteiger partial charge on any atom is 0.185 e. The van der Waals surface area contributed by atoms with Gasteiger partial charge in [-0.25, -0.2) is 0 Å². The van der Waals surface area contributed by atoms with Crippen molar-refractivity contribution >= 4 is 23.0 Å². The van der Waals surface area contributed by atoms with E-state index in [9.17, 15) is 9.90 Å². The third-order valence-corrected chi connectivity index (χ3v) is 2.67. The van der Waals surface area contributed by atoms with Gasteiger partial charge in [-0.05, 0) is 12.5 Å². The molecule has 0 amide bonds. The largest absolute Gasteiger partial charge is 0.507 e.